The third-order valence-electron chi connectivity index (χ3n) is 6.45. The summed E-state index contributed by atoms with van der Waals surface area (Å²) < 4.78 is 0. The first-order chi connectivity index (χ1) is 17.6. The molecule has 4 rings (SSSR count). The zero-order chi connectivity index (χ0) is 27.1. The number of aromatic hydroxyl groups is 1. The summed E-state index contributed by atoms with van der Waals surface area (Å²) in [6.45, 7) is 4.83. The van der Waals surface area contributed by atoms with Gasteiger partial charge in [0.2, 0.25) is 5.56 Å². The Kier molecular flexibility index (Phi) is 9.21. The van der Waals surface area contributed by atoms with E-state index in [1.165, 1.54) is 34.4 Å². The van der Waals surface area contributed by atoms with E-state index in [4.69, 9.17) is 10.2 Å². The molecule has 1 aliphatic carbocycles. The minimum Gasteiger partial charge on any atom is -0.506 e. The van der Waals surface area contributed by atoms with Crippen molar-refractivity contribution in [3.63, 3.8) is 0 Å². The molecule has 0 radical (unpaired) electrons. The fourth-order valence-corrected chi connectivity index (χ4v) is 4.66. The summed E-state index contributed by atoms with van der Waals surface area (Å²) in [5, 5.41) is 40.6. The molecule has 1 aliphatic rings. The molecule has 0 bridgehead atoms. The second-order valence-corrected chi connectivity index (χ2v) is 8.92. The number of carboxylic acid groups (broad SMARTS) is 2. The molecule has 1 aromatic heterocycles. The number of pyridine rings is 1. The second kappa shape index (κ2) is 12.3. The van der Waals surface area contributed by atoms with Gasteiger partial charge in [-0.1, -0.05) is 32.0 Å². The van der Waals surface area contributed by atoms with Gasteiger partial charge in [0, 0.05) is 36.2 Å². The van der Waals surface area contributed by atoms with Gasteiger partial charge in [-0.15, -0.1) is 0 Å². The molecule has 0 fully saturated rings. The van der Waals surface area contributed by atoms with E-state index in [2.05, 4.69) is 36.3 Å². The maximum atomic E-state index is 11.6. The zero-order valence-electron chi connectivity index (χ0n) is 20.8. The lowest BCUT2D eigenvalue weighted by atomic mass is 9.97. The van der Waals surface area contributed by atoms with Gasteiger partial charge in [-0.2, -0.15) is 0 Å². The van der Waals surface area contributed by atoms with Gasteiger partial charge in [0.15, 0.2) is 0 Å². The van der Waals surface area contributed by atoms with E-state index in [-0.39, 0.29) is 11.3 Å². The van der Waals surface area contributed by atoms with Gasteiger partial charge in [-0.25, -0.2) is 9.59 Å². The highest BCUT2D eigenvalue weighted by Crippen LogP contribution is 2.30. The maximum Gasteiger partial charge on any atom is 0.328 e. The van der Waals surface area contributed by atoms with E-state index in [1.807, 2.05) is 0 Å². The van der Waals surface area contributed by atoms with Crippen LogP contribution in [0.3, 0.4) is 0 Å². The van der Waals surface area contributed by atoms with E-state index in [9.17, 15) is 24.6 Å². The number of rotatable bonds is 8. The number of aromatic amines is 1. The number of aliphatic carboxylic acids is 2. The van der Waals surface area contributed by atoms with Crippen molar-refractivity contribution in [3.8, 4) is 5.75 Å². The lowest BCUT2D eigenvalue weighted by Crippen LogP contribution is -2.33. The Hall–Kier alpha value is -3.95. The summed E-state index contributed by atoms with van der Waals surface area (Å²) in [5.41, 5.74) is 6.49. The summed E-state index contributed by atoms with van der Waals surface area (Å²) in [5.74, 6) is -2.51. The number of aliphatic hydroxyl groups excluding tert-OH is 1. The summed E-state index contributed by atoms with van der Waals surface area (Å²) in [4.78, 5) is 33.3. The van der Waals surface area contributed by atoms with Crippen LogP contribution >= 0.6 is 0 Å². The van der Waals surface area contributed by atoms with Crippen molar-refractivity contribution < 1.29 is 30.0 Å². The monoisotopic (exact) mass is 508 g/mol. The summed E-state index contributed by atoms with van der Waals surface area (Å²) in [6.07, 6.45) is 4.45. The maximum absolute atomic E-state index is 11.6. The number of hydrogen-bond donors (Lipinski definition) is 6. The minimum absolute atomic E-state index is 0.00584. The highest BCUT2D eigenvalue weighted by atomic mass is 16.4. The number of phenols is 1. The Morgan fingerprint density at radius 3 is 2.08 bits per heavy atom. The van der Waals surface area contributed by atoms with Gasteiger partial charge in [0.05, 0.1) is 11.6 Å². The SMILES string of the molecule is CCc1cc2c(cc1CC)CC(NCC(O)c1ccc(O)c3[nH]c(=O)ccc13)C2.O=C(O)/C=C/C(=O)O. The van der Waals surface area contributed by atoms with Gasteiger partial charge in [-0.3, -0.25) is 4.79 Å². The number of nitrogens with one attached hydrogen (secondary N) is 2. The molecule has 0 spiro atoms. The number of fused-ring (bicyclic) bond motifs is 2. The second-order valence-electron chi connectivity index (χ2n) is 8.92. The molecule has 6 N–H and O–H groups in total. The quantitative estimate of drug-likeness (QED) is 0.253. The van der Waals surface area contributed by atoms with E-state index < -0.39 is 18.0 Å². The number of hydrogen-bond acceptors (Lipinski definition) is 6. The van der Waals surface area contributed by atoms with E-state index in [1.54, 1.807) is 12.1 Å². The molecule has 9 nitrogen and oxygen atoms in total. The third-order valence-corrected chi connectivity index (χ3v) is 6.45. The van der Waals surface area contributed by atoms with Crippen LogP contribution in [0, 0.1) is 0 Å². The van der Waals surface area contributed by atoms with Crippen molar-refractivity contribution in [1.82, 2.24) is 10.3 Å². The molecule has 3 aromatic rings. The van der Waals surface area contributed by atoms with E-state index >= 15 is 0 Å². The predicted octanol–water partition coefficient (Wildman–Crippen LogP) is 2.86. The van der Waals surface area contributed by atoms with Gasteiger partial charge < -0.3 is 30.7 Å². The lowest BCUT2D eigenvalue weighted by Gasteiger charge is -2.18. The normalized spacial score (nSPS) is 13.8. The van der Waals surface area contributed by atoms with Gasteiger partial charge >= 0.3 is 11.9 Å². The molecular weight excluding hydrogens is 476 g/mol. The number of aliphatic hydroxyl groups is 1. The van der Waals surface area contributed by atoms with Gasteiger partial charge in [0.1, 0.15) is 5.75 Å². The van der Waals surface area contributed by atoms with Crippen LogP contribution in [0.4, 0.5) is 0 Å². The predicted molar refractivity (Wildman–Crippen MR) is 140 cm³/mol. The number of aromatic nitrogens is 1. The van der Waals surface area contributed by atoms with Crippen LogP contribution in [0.15, 0.2) is 53.3 Å². The van der Waals surface area contributed by atoms with Crippen LogP contribution in [0.25, 0.3) is 10.9 Å². The van der Waals surface area contributed by atoms with Crippen LogP contribution in [-0.4, -0.2) is 49.9 Å². The third kappa shape index (κ3) is 7.05. The molecule has 1 unspecified atom stereocenters. The van der Waals surface area contributed by atoms with Crippen molar-refractivity contribution >= 4 is 22.8 Å². The van der Waals surface area contributed by atoms with Gasteiger partial charge in [-0.05, 0) is 65.6 Å². The molecule has 196 valence electrons. The number of H-pyrrole nitrogens is 1. The largest absolute Gasteiger partial charge is 0.506 e. The number of carboxylic acids is 2. The lowest BCUT2D eigenvalue weighted by molar-refractivity contribution is -0.134. The van der Waals surface area contributed by atoms with Crippen LogP contribution in [0.5, 0.6) is 5.75 Å². The van der Waals surface area contributed by atoms with Crippen LogP contribution in [0.1, 0.15) is 47.8 Å². The van der Waals surface area contributed by atoms with Crippen molar-refractivity contribution in [3.05, 3.63) is 86.7 Å². The highest BCUT2D eigenvalue weighted by molar-refractivity contribution is 5.89. The first-order valence-electron chi connectivity index (χ1n) is 12.2. The standard InChI is InChI=1S/C24H28N2O3.C4H4O4/c1-3-14-9-16-11-18(12-17(16)10-15(14)4-2)25-13-22(28)19-5-7-21(27)24-20(19)6-8-23(29)26-24;5-3(6)1-2-4(7)8/h5-10,18,22,25,27-28H,3-4,11-13H2,1-2H3,(H,26,29);1-2H,(H,5,6)(H,7,8)/b;2-1+. The van der Waals surface area contributed by atoms with E-state index in [0.717, 1.165) is 25.7 Å². The molecule has 2 aromatic carbocycles. The molecule has 9 heteroatoms. The first kappa shape index (κ1) is 27.6. The van der Waals surface area contributed by atoms with Crippen molar-refractivity contribution in [2.45, 2.75) is 51.7 Å². The Labute approximate surface area is 214 Å². The smallest absolute Gasteiger partial charge is 0.328 e. The Bertz CT molecular complexity index is 1330. The molecule has 1 atom stereocenters. The molecule has 1 heterocycles. The fraction of sp³-hybridized carbons (Fsp3) is 0.321. The van der Waals surface area contributed by atoms with Crippen molar-refractivity contribution in [1.29, 1.82) is 0 Å². The summed E-state index contributed by atoms with van der Waals surface area (Å²) in [6, 6.07) is 11.3. The molecular formula is C28H32N2O7. The minimum atomic E-state index is -1.26. The van der Waals surface area contributed by atoms with Crippen molar-refractivity contribution in [2.24, 2.45) is 0 Å². The first-order valence-corrected chi connectivity index (χ1v) is 12.2. The van der Waals surface area contributed by atoms with Crippen LogP contribution < -0.4 is 10.9 Å². The number of benzene rings is 2. The fourth-order valence-electron chi connectivity index (χ4n) is 4.66. The molecule has 0 aliphatic heterocycles. The molecule has 0 saturated carbocycles. The van der Waals surface area contributed by atoms with Crippen LogP contribution in [0.2, 0.25) is 0 Å². The molecule has 0 amide bonds. The Morgan fingerprint density at radius 1 is 1.00 bits per heavy atom. The average Bonchev–Trinajstić information content (AvgIpc) is 3.27. The Balaban J connectivity index is 0.000000414. The number of carbonyl (C=O) groups is 2. The topological polar surface area (TPSA) is 160 Å². The zero-order valence-corrected chi connectivity index (χ0v) is 20.8. The average molecular weight is 509 g/mol. The van der Waals surface area contributed by atoms with Crippen molar-refractivity contribution in [2.75, 3.05) is 6.54 Å². The molecule has 37 heavy (non-hydrogen) atoms. The van der Waals surface area contributed by atoms with E-state index in [0.29, 0.717) is 41.2 Å². The number of phenolic OH excluding ortho intramolecular Hbond substituents is 1. The number of aryl methyl sites for hydroxylation is 2. The molecule has 0 saturated heterocycles. The van der Waals surface area contributed by atoms with Gasteiger partial charge in [0.25, 0.3) is 0 Å². The van der Waals surface area contributed by atoms with Crippen LogP contribution in [-0.2, 0) is 35.3 Å². The summed E-state index contributed by atoms with van der Waals surface area (Å²) in [7, 11) is 0. The Morgan fingerprint density at radius 2 is 1.57 bits per heavy atom. The summed E-state index contributed by atoms with van der Waals surface area (Å²) >= 11 is 0. The highest BCUT2D eigenvalue weighted by Gasteiger charge is 2.24.